The van der Waals surface area contributed by atoms with Crippen LogP contribution >= 0.6 is 0 Å². The van der Waals surface area contributed by atoms with Gasteiger partial charge in [-0.25, -0.2) is 0 Å². The minimum absolute atomic E-state index is 0.894. The van der Waals surface area contributed by atoms with Crippen LogP contribution in [0.2, 0.25) is 0 Å². The molecule has 0 unspecified atom stereocenters. The maximum atomic E-state index is 4.47. The highest BCUT2D eigenvalue weighted by Crippen LogP contribution is 2.30. The van der Waals surface area contributed by atoms with Crippen LogP contribution in [0.1, 0.15) is 0 Å². The van der Waals surface area contributed by atoms with Crippen molar-refractivity contribution in [2.45, 2.75) is 0 Å². The Labute approximate surface area is 105 Å². The molecule has 0 radical (unpaired) electrons. The van der Waals surface area contributed by atoms with Gasteiger partial charge in [0.1, 0.15) is 0 Å². The van der Waals surface area contributed by atoms with Gasteiger partial charge in [-0.2, -0.15) is 5.10 Å². The average Bonchev–Trinajstić information content (AvgIpc) is 2.77. The molecule has 1 N–H and O–H groups in total. The molecule has 1 aromatic carbocycles. The predicted molar refractivity (Wildman–Crippen MR) is 73.5 cm³/mol. The normalized spacial score (nSPS) is 10.8. The molecule has 2 aromatic heterocycles. The Morgan fingerprint density at radius 3 is 2.72 bits per heavy atom. The summed E-state index contributed by atoms with van der Waals surface area (Å²) in [4.78, 5) is 4.41. The molecule has 0 atom stereocenters. The molecular weight excluding hydrogens is 224 g/mol. The summed E-state index contributed by atoms with van der Waals surface area (Å²) in [6.45, 7) is 0. The first-order valence-corrected chi connectivity index (χ1v) is 5.86. The zero-order valence-corrected chi connectivity index (χ0v) is 10.4. The van der Waals surface area contributed by atoms with Crippen LogP contribution < -0.4 is 5.32 Å². The van der Waals surface area contributed by atoms with E-state index in [2.05, 4.69) is 27.5 Å². The third-order valence-corrected chi connectivity index (χ3v) is 3.04. The number of para-hydroxylation sites is 1. The molecule has 18 heavy (non-hydrogen) atoms. The van der Waals surface area contributed by atoms with Crippen LogP contribution in [-0.2, 0) is 7.05 Å². The molecule has 3 aromatic rings. The van der Waals surface area contributed by atoms with E-state index in [1.165, 1.54) is 0 Å². The number of nitrogens with one attached hydrogen (secondary N) is 1. The highest BCUT2D eigenvalue weighted by Gasteiger charge is 2.12. The highest BCUT2D eigenvalue weighted by atomic mass is 15.3. The Morgan fingerprint density at radius 2 is 2.00 bits per heavy atom. The topological polar surface area (TPSA) is 42.7 Å². The summed E-state index contributed by atoms with van der Waals surface area (Å²) >= 11 is 0. The number of aromatic nitrogens is 3. The zero-order chi connectivity index (χ0) is 12.5. The molecule has 0 aliphatic rings. The number of aryl methyl sites for hydroxylation is 1. The number of hydrogen-bond donors (Lipinski definition) is 1. The van der Waals surface area contributed by atoms with Crippen molar-refractivity contribution in [1.82, 2.24) is 14.8 Å². The lowest BCUT2D eigenvalue weighted by molar-refractivity contribution is 0.800. The first-order chi connectivity index (χ1) is 8.81. The molecule has 0 aliphatic heterocycles. The van der Waals surface area contributed by atoms with Gasteiger partial charge in [-0.1, -0.05) is 18.2 Å². The second kappa shape index (κ2) is 4.14. The van der Waals surface area contributed by atoms with Crippen LogP contribution in [0.4, 0.5) is 5.82 Å². The van der Waals surface area contributed by atoms with Crippen LogP contribution in [0.25, 0.3) is 22.2 Å². The molecule has 90 valence electrons. The van der Waals surface area contributed by atoms with E-state index in [4.69, 9.17) is 0 Å². The Hall–Kier alpha value is -2.36. The lowest BCUT2D eigenvalue weighted by Crippen LogP contribution is -1.94. The first-order valence-electron chi connectivity index (χ1n) is 5.86. The van der Waals surface area contributed by atoms with E-state index in [0.29, 0.717) is 0 Å². The molecular formula is C14H14N4. The van der Waals surface area contributed by atoms with Crippen LogP contribution in [0.15, 0.2) is 42.6 Å². The van der Waals surface area contributed by atoms with Crippen molar-refractivity contribution in [3.8, 4) is 11.3 Å². The summed E-state index contributed by atoms with van der Waals surface area (Å²) in [7, 11) is 3.84. The molecule has 4 heteroatoms. The van der Waals surface area contributed by atoms with Gasteiger partial charge in [0.15, 0.2) is 5.82 Å². The first kappa shape index (κ1) is 10.8. The molecule has 0 aliphatic carbocycles. The number of anilines is 1. The van der Waals surface area contributed by atoms with E-state index >= 15 is 0 Å². The van der Waals surface area contributed by atoms with Gasteiger partial charge in [0.25, 0.3) is 0 Å². The van der Waals surface area contributed by atoms with Crippen molar-refractivity contribution in [2.75, 3.05) is 12.4 Å². The van der Waals surface area contributed by atoms with E-state index in [0.717, 1.165) is 28.0 Å². The molecule has 0 saturated heterocycles. The number of fused-ring (bicyclic) bond motifs is 1. The van der Waals surface area contributed by atoms with Gasteiger partial charge >= 0.3 is 0 Å². The Balaban J connectivity index is 2.34. The van der Waals surface area contributed by atoms with Crippen LogP contribution in [0, 0.1) is 0 Å². The molecule has 0 amide bonds. The smallest absolute Gasteiger partial charge is 0.155 e. The number of benzene rings is 1. The standard InChI is InChI=1S/C14H14N4/c1-15-14-11-7-5-6-10(13(11)18(2)17-14)12-8-3-4-9-16-12/h3-9H,1-2H3,(H,15,17). The number of pyridine rings is 1. The lowest BCUT2D eigenvalue weighted by atomic mass is 10.1. The van der Waals surface area contributed by atoms with Gasteiger partial charge in [0, 0.05) is 31.2 Å². The van der Waals surface area contributed by atoms with Crippen molar-refractivity contribution in [3.05, 3.63) is 42.6 Å². The molecule has 4 nitrogen and oxygen atoms in total. The number of nitrogens with zero attached hydrogens (tertiary/aromatic N) is 3. The average molecular weight is 238 g/mol. The van der Waals surface area contributed by atoms with E-state index in [-0.39, 0.29) is 0 Å². The third-order valence-electron chi connectivity index (χ3n) is 3.04. The monoisotopic (exact) mass is 238 g/mol. The predicted octanol–water partition coefficient (Wildman–Crippen LogP) is 2.68. The second-order valence-electron chi connectivity index (χ2n) is 4.14. The van der Waals surface area contributed by atoms with Crippen molar-refractivity contribution in [3.63, 3.8) is 0 Å². The van der Waals surface area contributed by atoms with Gasteiger partial charge in [-0.05, 0) is 18.2 Å². The molecule has 3 rings (SSSR count). The quantitative estimate of drug-likeness (QED) is 0.746. The molecule has 0 fully saturated rings. The van der Waals surface area contributed by atoms with Crippen LogP contribution in [0.3, 0.4) is 0 Å². The van der Waals surface area contributed by atoms with E-state index in [1.807, 2.05) is 49.2 Å². The summed E-state index contributed by atoms with van der Waals surface area (Å²) in [5.74, 6) is 0.894. The van der Waals surface area contributed by atoms with Gasteiger partial charge in [0.2, 0.25) is 0 Å². The van der Waals surface area contributed by atoms with Crippen LogP contribution in [-0.4, -0.2) is 21.8 Å². The summed E-state index contributed by atoms with van der Waals surface area (Å²) in [6, 6.07) is 12.1. The Kier molecular flexibility index (Phi) is 2.48. The van der Waals surface area contributed by atoms with Crippen molar-refractivity contribution >= 4 is 16.7 Å². The van der Waals surface area contributed by atoms with E-state index in [1.54, 1.807) is 0 Å². The lowest BCUT2D eigenvalue weighted by Gasteiger charge is -2.04. The fourth-order valence-electron chi connectivity index (χ4n) is 2.25. The van der Waals surface area contributed by atoms with Crippen LogP contribution in [0.5, 0.6) is 0 Å². The largest absolute Gasteiger partial charge is 0.371 e. The van der Waals surface area contributed by atoms with Gasteiger partial charge in [-0.15, -0.1) is 0 Å². The zero-order valence-electron chi connectivity index (χ0n) is 10.4. The molecule has 2 heterocycles. The van der Waals surface area contributed by atoms with E-state index in [9.17, 15) is 0 Å². The summed E-state index contributed by atoms with van der Waals surface area (Å²) in [5, 5.41) is 8.70. The minimum atomic E-state index is 0.894. The Morgan fingerprint density at radius 1 is 1.11 bits per heavy atom. The SMILES string of the molecule is CNc1nn(C)c2c(-c3ccccn3)cccc12. The molecule has 0 bridgehead atoms. The van der Waals surface area contributed by atoms with Crippen molar-refractivity contribution < 1.29 is 0 Å². The van der Waals surface area contributed by atoms with Crippen molar-refractivity contribution in [2.24, 2.45) is 7.05 Å². The fraction of sp³-hybridized carbons (Fsp3) is 0.143. The highest BCUT2D eigenvalue weighted by molar-refractivity contribution is 5.99. The molecule has 0 spiro atoms. The van der Waals surface area contributed by atoms with Gasteiger partial charge < -0.3 is 5.32 Å². The summed E-state index contributed by atoms with van der Waals surface area (Å²) in [6.07, 6.45) is 1.81. The molecule has 0 saturated carbocycles. The number of hydrogen-bond acceptors (Lipinski definition) is 3. The summed E-state index contributed by atoms with van der Waals surface area (Å²) < 4.78 is 1.89. The van der Waals surface area contributed by atoms with Crippen molar-refractivity contribution in [1.29, 1.82) is 0 Å². The Bertz CT molecular complexity index is 686. The van der Waals surface area contributed by atoms with E-state index < -0.39 is 0 Å². The maximum Gasteiger partial charge on any atom is 0.155 e. The fourth-order valence-corrected chi connectivity index (χ4v) is 2.25. The summed E-state index contributed by atoms with van der Waals surface area (Å²) in [5.41, 5.74) is 3.17. The number of rotatable bonds is 2. The maximum absolute atomic E-state index is 4.47. The van der Waals surface area contributed by atoms with Gasteiger partial charge in [0.05, 0.1) is 11.2 Å². The third kappa shape index (κ3) is 1.54. The van der Waals surface area contributed by atoms with Gasteiger partial charge in [-0.3, -0.25) is 9.67 Å². The minimum Gasteiger partial charge on any atom is -0.371 e. The second-order valence-corrected chi connectivity index (χ2v) is 4.14.